The first kappa shape index (κ1) is 24.7. The van der Waals surface area contributed by atoms with Crippen molar-refractivity contribution in [2.45, 2.75) is 25.3 Å². The van der Waals surface area contributed by atoms with Gasteiger partial charge < -0.3 is 14.8 Å². The Morgan fingerprint density at radius 1 is 1.19 bits per heavy atom. The molecule has 1 atom stereocenters. The summed E-state index contributed by atoms with van der Waals surface area (Å²) in [7, 11) is 3.00. The van der Waals surface area contributed by atoms with Crippen molar-refractivity contribution in [3.63, 3.8) is 0 Å². The Balaban J connectivity index is 1.44. The minimum Gasteiger partial charge on any atom is -0.494 e. The van der Waals surface area contributed by atoms with Crippen molar-refractivity contribution in [3.05, 3.63) is 77.0 Å². The Kier molecular flexibility index (Phi) is 7.04. The molecule has 11 heteroatoms. The van der Waals surface area contributed by atoms with E-state index < -0.39 is 23.6 Å². The predicted molar refractivity (Wildman–Crippen MR) is 130 cm³/mol. The topological polar surface area (TPSA) is 104 Å². The zero-order valence-corrected chi connectivity index (χ0v) is 20.4. The lowest BCUT2D eigenvalue weighted by atomic mass is 9.96. The molecule has 5 rings (SSSR count). The van der Waals surface area contributed by atoms with Gasteiger partial charge in [-0.25, -0.2) is 18.7 Å². The number of nitrogens with one attached hydrogen (secondary N) is 1. The van der Waals surface area contributed by atoms with Crippen LogP contribution in [0.2, 0.25) is 0 Å². The standard InChI is InChI=1S/C26H26F2N6O3/c1-34-30-14-22(33-34)25(16-3-4-23(36-2)20(28)10-16)32-26(35)17-11-19(27)18-13-29-24(31-21(18)12-17)9-15-5-7-37-8-6-15/h3-4,10-15,25H,5-9H2,1-2H3,(H,32,35). The van der Waals surface area contributed by atoms with Gasteiger partial charge in [0, 0.05) is 38.4 Å². The van der Waals surface area contributed by atoms with E-state index >= 15 is 0 Å². The molecule has 1 saturated heterocycles. The normalized spacial score (nSPS) is 15.0. The van der Waals surface area contributed by atoms with Gasteiger partial charge in [-0.1, -0.05) is 6.07 Å². The molecule has 0 bridgehead atoms. The third kappa shape index (κ3) is 5.41. The number of benzene rings is 2. The van der Waals surface area contributed by atoms with Gasteiger partial charge >= 0.3 is 0 Å². The van der Waals surface area contributed by atoms with Crippen molar-refractivity contribution in [2.75, 3.05) is 20.3 Å². The van der Waals surface area contributed by atoms with E-state index in [0.717, 1.165) is 18.9 Å². The van der Waals surface area contributed by atoms with E-state index in [1.807, 2.05) is 0 Å². The minimum atomic E-state index is -0.838. The van der Waals surface area contributed by atoms with Crippen LogP contribution in [0.3, 0.4) is 0 Å². The summed E-state index contributed by atoms with van der Waals surface area (Å²) in [5.74, 6) is -0.693. The molecule has 3 heterocycles. The number of halogens is 2. The van der Waals surface area contributed by atoms with E-state index in [9.17, 15) is 13.6 Å². The molecule has 1 fully saturated rings. The summed E-state index contributed by atoms with van der Waals surface area (Å²) in [6.45, 7) is 1.42. The third-order valence-electron chi connectivity index (χ3n) is 6.47. The average molecular weight is 509 g/mol. The summed E-state index contributed by atoms with van der Waals surface area (Å²) in [6, 6.07) is 6.18. The van der Waals surface area contributed by atoms with Crippen molar-refractivity contribution in [1.29, 1.82) is 0 Å². The van der Waals surface area contributed by atoms with Gasteiger partial charge in [-0.3, -0.25) is 4.79 Å². The molecule has 2 aromatic heterocycles. The second-order valence-corrected chi connectivity index (χ2v) is 9.00. The van der Waals surface area contributed by atoms with Crippen LogP contribution in [0.4, 0.5) is 8.78 Å². The van der Waals surface area contributed by atoms with E-state index in [1.54, 1.807) is 13.1 Å². The van der Waals surface area contributed by atoms with Crippen LogP contribution in [-0.2, 0) is 18.2 Å². The van der Waals surface area contributed by atoms with Gasteiger partial charge in [0.05, 0.1) is 24.2 Å². The number of carbonyl (C=O) groups is 1. The second-order valence-electron chi connectivity index (χ2n) is 9.00. The number of hydrogen-bond acceptors (Lipinski definition) is 7. The number of ether oxygens (including phenoxy) is 2. The second kappa shape index (κ2) is 10.6. The lowest BCUT2D eigenvalue weighted by Crippen LogP contribution is -2.30. The first-order valence-electron chi connectivity index (χ1n) is 11.9. The summed E-state index contributed by atoms with van der Waals surface area (Å²) in [5.41, 5.74) is 1.23. The Hall–Kier alpha value is -3.99. The van der Waals surface area contributed by atoms with Gasteiger partial charge in [0.15, 0.2) is 11.6 Å². The minimum absolute atomic E-state index is 0.0702. The molecular formula is C26H26F2N6O3. The van der Waals surface area contributed by atoms with E-state index in [2.05, 4.69) is 25.5 Å². The Morgan fingerprint density at radius 2 is 2.00 bits per heavy atom. The number of aromatic nitrogens is 5. The lowest BCUT2D eigenvalue weighted by Gasteiger charge is -2.21. The van der Waals surface area contributed by atoms with Gasteiger partial charge in [0.25, 0.3) is 5.91 Å². The fourth-order valence-electron chi connectivity index (χ4n) is 4.47. The summed E-state index contributed by atoms with van der Waals surface area (Å²) in [4.78, 5) is 23.5. The smallest absolute Gasteiger partial charge is 0.252 e. The highest BCUT2D eigenvalue weighted by Gasteiger charge is 2.23. The Bertz CT molecular complexity index is 1440. The molecule has 0 saturated carbocycles. The van der Waals surface area contributed by atoms with Crippen molar-refractivity contribution in [3.8, 4) is 5.75 Å². The number of carbonyl (C=O) groups excluding carboxylic acids is 1. The SMILES string of the molecule is COc1ccc(C(NC(=O)c2cc(F)c3cnc(CC4CCOCC4)nc3c2)c2cnn(C)n2)cc1F. The maximum absolute atomic E-state index is 15.0. The van der Waals surface area contributed by atoms with Crippen molar-refractivity contribution < 1.29 is 23.0 Å². The molecule has 1 aliphatic heterocycles. The Labute approximate surface area is 211 Å². The van der Waals surface area contributed by atoms with Crippen molar-refractivity contribution in [2.24, 2.45) is 13.0 Å². The molecule has 1 N–H and O–H groups in total. The van der Waals surface area contributed by atoms with Gasteiger partial charge in [-0.2, -0.15) is 15.0 Å². The molecule has 1 amide bonds. The van der Waals surface area contributed by atoms with Crippen LogP contribution in [-0.4, -0.2) is 51.2 Å². The van der Waals surface area contributed by atoms with Crippen LogP contribution in [0.1, 0.15) is 46.3 Å². The van der Waals surface area contributed by atoms with Gasteiger partial charge in [0.1, 0.15) is 23.4 Å². The van der Waals surface area contributed by atoms with Crippen LogP contribution in [0.25, 0.3) is 10.9 Å². The summed E-state index contributed by atoms with van der Waals surface area (Å²) >= 11 is 0. The van der Waals surface area contributed by atoms with Crippen molar-refractivity contribution in [1.82, 2.24) is 30.3 Å². The predicted octanol–water partition coefficient (Wildman–Crippen LogP) is 3.53. The summed E-state index contributed by atoms with van der Waals surface area (Å²) in [5, 5.41) is 11.4. The van der Waals surface area contributed by atoms with Gasteiger partial charge in [-0.15, -0.1) is 0 Å². The lowest BCUT2D eigenvalue weighted by molar-refractivity contribution is 0.0660. The quantitative estimate of drug-likeness (QED) is 0.407. The fourth-order valence-corrected chi connectivity index (χ4v) is 4.47. The molecule has 0 spiro atoms. The van der Waals surface area contributed by atoms with E-state index in [1.165, 1.54) is 42.5 Å². The van der Waals surface area contributed by atoms with E-state index in [4.69, 9.17) is 9.47 Å². The zero-order chi connectivity index (χ0) is 25.9. The highest BCUT2D eigenvalue weighted by Crippen LogP contribution is 2.27. The monoisotopic (exact) mass is 508 g/mol. The Morgan fingerprint density at radius 3 is 2.70 bits per heavy atom. The van der Waals surface area contributed by atoms with Crippen LogP contribution >= 0.6 is 0 Å². The molecule has 4 aromatic rings. The van der Waals surface area contributed by atoms with Crippen LogP contribution in [0.15, 0.2) is 42.7 Å². The fraction of sp³-hybridized carbons (Fsp3) is 0.346. The summed E-state index contributed by atoms with van der Waals surface area (Å²) < 4.78 is 39.8. The molecule has 192 valence electrons. The maximum Gasteiger partial charge on any atom is 0.252 e. The highest BCUT2D eigenvalue weighted by molar-refractivity contribution is 5.98. The first-order chi connectivity index (χ1) is 17.9. The van der Waals surface area contributed by atoms with Crippen LogP contribution in [0, 0.1) is 17.6 Å². The van der Waals surface area contributed by atoms with Gasteiger partial charge in [0.2, 0.25) is 0 Å². The third-order valence-corrected chi connectivity index (χ3v) is 6.47. The zero-order valence-electron chi connectivity index (χ0n) is 20.4. The average Bonchev–Trinajstić information content (AvgIpc) is 3.33. The summed E-state index contributed by atoms with van der Waals surface area (Å²) in [6.07, 6.45) is 5.44. The molecule has 0 aliphatic carbocycles. The molecule has 2 aromatic carbocycles. The number of aryl methyl sites for hydroxylation is 1. The number of nitrogens with zero attached hydrogens (tertiary/aromatic N) is 5. The van der Waals surface area contributed by atoms with E-state index in [0.29, 0.717) is 48.2 Å². The first-order valence-corrected chi connectivity index (χ1v) is 11.9. The molecule has 1 aliphatic rings. The number of fused-ring (bicyclic) bond motifs is 1. The number of amides is 1. The number of methoxy groups -OCH3 is 1. The van der Waals surface area contributed by atoms with Crippen molar-refractivity contribution >= 4 is 16.8 Å². The maximum atomic E-state index is 15.0. The molecular weight excluding hydrogens is 482 g/mol. The highest BCUT2D eigenvalue weighted by atomic mass is 19.1. The molecule has 9 nitrogen and oxygen atoms in total. The van der Waals surface area contributed by atoms with Crippen LogP contribution < -0.4 is 10.1 Å². The number of hydrogen-bond donors (Lipinski definition) is 1. The van der Waals surface area contributed by atoms with Gasteiger partial charge in [-0.05, 0) is 48.6 Å². The van der Waals surface area contributed by atoms with Crippen LogP contribution in [0.5, 0.6) is 5.75 Å². The molecule has 1 unspecified atom stereocenters. The molecule has 0 radical (unpaired) electrons. The largest absolute Gasteiger partial charge is 0.494 e. The molecule has 37 heavy (non-hydrogen) atoms. The van der Waals surface area contributed by atoms with E-state index in [-0.39, 0.29) is 16.7 Å². The number of rotatable bonds is 7.